The van der Waals surface area contributed by atoms with Gasteiger partial charge in [-0.05, 0) is 36.4 Å². The van der Waals surface area contributed by atoms with Crippen molar-refractivity contribution in [2.24, 2.45) is 0 Å². The van der Waals surface area contributed by atoms with Crippen LogP contribution >= 0.6 is 15.9 Å². The van der Waals surface area contributed by atoms with Gasteiger partial charge in [0.2, 0.25) is 0 Å². The van der Waals surface area contributed by atoms with E-state index in [1.54, 1.807) is 18.6 Å². The van der Waals surface area contributed by atoms with Gasteiger partial charge in [-0.15, -0.1) is 0 Å². The van der Waals surface area contributed by atoms with Crippen LogP contribution in [0.1, 0.15) is 10.4 Å². The van der Waals surface area contributed by atoms with Crippen LogP contribution in [0.2, 0.25) is 0 Å². The maximum Gasteiger partial charge on any atom is 0.259 e. The van der Waals surface area contributed by atoms with Gasteiger partial charge in [-0.25, -0.2) is 9.97 Å². The summed E-state index contributed by atoms with van der Waals surface area (Å²) in [5.74, 6) is 0.293. The molecule has 0 bridgehead atoms. The van der Waals surface area contributed by atoms with Crippen molar-refractivity contribution in [1.82, 2.24) is 15.0 Å². The molecule has 0 saturated carbocycles. The Morgan fingerprint density at radius 3 is 2.29 bits per heavy atom. The number of anilines is 1. The van der Waals surface area contributed by atoms with Crippen LogP contribution in [0.4, 0.5) is 5.69 Å². The third kappa shape index (κ3) is 3.97. The molecule has 0 unspecified atom stereocenters. The summed E-state index contributed by atoms with van der Waals surface area (Å²) in [6.45, 7) is 0. The molecule has 4 rings (SSSR count). The molecule has 0 atom stereocenters. The second-order valence-corrected chi connectivity index (χ2v) is 6.93. The minimum Gasteiger partial charge on any atom is -0.322 e. The smallest absolute Gasteiger partial charge is 0.259 e. The Kier molecular flexibility index (Phi) is 5.21. The predicted octanol–water partition coefficient (Wildman–Crippen LogP) is 5.22. The number of amides is 1. The molecule has 136 valence electrons. The molecule has 28 heavy (non-hydrogen) atoms. The topological polar surface area (TPSA) is 67.8 Å². The number of halogens is 1. The lowest BCUT2D eigenvalue weighted by Crippen LogP contribution is -2.15. The Morgan fingerprint density at radius 2 is 1.57 bits per heavy atom. The van der Waals surface area contributed by atoms with Gasteiger partial charge in [0.25, 0.3) is 5.91 Å². The second kappa shape index (κ2) is 8.10. The number of carbonyl (C=O) groups is 1. The highest BCUT2D eigenvalue weighted by atomic mass is 79.9. The van der Waals surface area contributed by atoms with E-state index in [2.05, 4.69) is 36.2 Å². The van der Waals surface area contributed by atoms with Gasteiger partial charge in [-0.2, -0.15) is 0 Å². The lowest BCUT2D eigenvalue weighted by atomic mass is 10.1. The van der Waals surface area contributed by atoms with Crippen LogP contribution < -0.4 is 5.32 Å². The third-order valence-electron chi connectivity index (χ3n) is 4.12. The molecule has 0 saturated heterocycles. The van der Waals surface area contributed by atoms with Crippen LogP contribution in [-0.4, -0.2) is 20.9 Å². The summed E-state index contributed by atoms with van der Waals surface area (Å²) in [5, 5.41) is 2.90. The predicted molar refractivity (Wildman–Crippen MR) is 113 cm³/mol. The number of pyridine rings is 1. The molecule has 0 aliphatic carbocycles. The lowest BCUT2D eigenvalue weighted by molar-refractivity contribution is 0.102. The fraction of sp³-hybridized carbons (Fsp3) is 0. The van der Waals surface area contributed by atoms with Crippen molar-refractivity contribution in [1.29, 1.82) is 0 Å². The van der Waals surface area contributed by atoms with E-state index < -0.39 is 0 Å². The van der Waals surface area contributed by atoms with Crippen molar-refractivity contribution in [3.05, 3.63) is 95.4 Å². The van der Waals surface area contributed by atoms with Crippen molar-refractivity contribution < 1.29 is 4.79 Å². The number of rotatable bonds is 4. The van der Waals surface area contributed by atoms with E-state index in [4.69, 9.17) is 0 Å². The van der Waals surface area contributed by atoms with Gasteiger partial charge in [0, 0.05) is 39.9 Å². The molecule has 0 aliphatic rings. The van der Waals surface area contributed by atoms with E-state index in [1.807, 2.05) is 66.7 Å². The first-order valence-electron chi connectivity index (χ1n) is 8.60. The number of nitrogens with one attached hydrogen (secondary N) is 1. The maximum atomic E-state index is 12.9. The van der Waals surface area contributed by atoms with Crippen LogP contribution in [0, 0.1) is 0 Å². The van der Waals surface area contributed by atoms with Gasteiger partial charge >= 0.3 is 0 Å². The summed E-state index contributed by atoms with van der Waals surface area (Å²) in [5.41, 5.74) is 3.34. The molecule has 2 heterocycles. The summed E-state index contributed by atoms with van der Waals surface area (Å²) in [7, 11) is 0. The Hall–Kier alpha value is -3.38. The molecular formula is C22H15BrN4O. The molecule has 1 N–H and O–H groups in total. The van der Waals surface area contributed by atoms with E-state index in [1.165, 1.54) is 0 Å². The fourth-order valence-corrected chi connectivity index (χ4v) is 3.00. The average molecular weight is 431 g/mol. The van der Waals surface area contributed by atoms with Crippen molar-refractivity contribution >= 4 is 27.5 Å². The zero-order chi connectivity index (χ0) is 19.3. The zero-order valence-corrected chi connectivity index (χ0v) is 16.3. The lowest BCUT2D eigenvalue weighted by Gasteiger charge is -2.11. The van der Waals surface area contributed by atoms with Crippen molar-refractivity contribution in [3.8, 4) is 22.6 Å². The van der Waals surface area contributed by atoms with E-state index in [9.17, 15) is 4.79 Å². The number of benzene rings is 2. The van der Waals surface area contributed by atoms with Crippen LogP contribution in [0.3, 0.4) is 0 Å². The summed E-state index contributed by atoms with van der Waals surface area (Å²) in [4.78, 5) is 26.1. The first kappa shape index (κ1) is 18.0. The molecule has 6 heteroatoms. The Bertz CT molecular complexity index is 1100. The largest absolute Gasteiger partial charge is 0.322 e. The molecule has 1 amide bonds. The maximum absolute atomic E-state index is 12.9. The van der Waals surface area contributed by atoms with Crippen LogP contribution in [-0.2, 0) is 0 Å². The van der Waals surface area contributed by atoms with E-state index in [0.29, 0.717) is 22.8 Å². The van der Waals surface area contributed by atoms with Gasteiger partial charge in [0.1, 0.15) is 0 Å². The average Bonchev–Trinajstić information content (AvgIpc) is 2.76. The molecule has 5 nitrogen and oxygen atoms in total. The minimum absolute atomic E-state index is 0.270. The van der Waals surface area contributed by atoms with Crippen molar-refractivity contribution in [2.75, 3.05) is 5.32 Å². The van der Waals surface area contributed by atoms with Crippen LogP contribution in [0.5, 0.6) is 0 Å². The van der Waals surface area contributed by atoms with Gasteiger partial charge in [0.05, 0.1) is 11.3 Å². The summed E-state index contributed by atoms with van der Waals surface area (Å²) >= 11 is 3.39. The molecule has 2 aromatic carbocycles. The molecule has 2 aromatic heterocycles. The zero-order valence-electron chi connectivity index (χ0n) is 14.7. The molecule has 0 aliphatic heterocycles. The summed E-state index contributed by atoms with van der Waals surface area (Å²) in [6.07, 6.45) is 4.92. The molecular weight excluding hydrogens is 416 g/mol. The van der Waals surface area contributed by atoms with Gasteiger partial charge in [-0.3, -0.25) is 9.78 Å². The monoisotopic (exact) mass is 430 g/mol. The highest BCUT2D eigenvalue weighted by molar-refractivity contribution is 9.10. The number of carbonyl (C=O) groups excluding carboxylic acids is 1. The normalized spacial score (nSPS) is 10.5. The third-order valence-corrected chi connectivity index (χ3v) is 4.65. The molecule has 0 radical (unpaired) electrons. The SMILES string of the molecule is O=C(Nc1ccc(Br)cc1)c1cnc(-c2ccccc2)nc1-c1ccncc1. The first-order valence-corrected chi connectivity index (χ1v) is 9.40. The number of hydrogen-bond acceptors (Lipinski definition) is 4. The quantitative estimate of drug-likeness (QED) is 0.481. The van der Waals surface area contributed by atoms with Crippen LogP contribution in [0.25, 0.3) is 22.6 Å². The van der Waals surface area contributed by atoms with Crippen LogP contribution in [0.15, 0.2) is 89.8 Å². The highest BCUT2D eigenvalue weighted by Crippen LogP contribution is 2.25. The second-order valence-electron chi connectivity index (χ2n) is 6.02. The molecule has 0 fully saturated rings. The number of nitrogens with zero attached hydrogens (tertiary/aromatic N) is 3. The summed E-state index contributed by atoms with van der Waals surface area (Å²) in [6, 6.07) is 20.7. The Labute approximate surface area is 170 Å². The molecule has 0 spiro atoms. The highest BCUT2D eigenvalue weighted by Gasteiger charge is 2.17. The summed E-state index contributed by atoms with van der Waals surface area (Å²) < 4.78 is 0.943. The fourth-order valence-electron chi connectivity index (χ4n) is 2.74. The van der Waals surface area contributed by atoms with Gasteiger partial charge in [0.15, 0.2) is 5.82 Å². The van der Waals surface area contributed by atoms with E-state index >= 15 is 0 Å². The Balaban J connectivity index is 1.75. The number of hydrogen-bond donors (Lipinski definition) is 1. The van der Waals surface area contributed by atoms with E-state index in [-0.39, 0.29) is 5.91 Å². The Morgan fingerprint density at radius 1 is 0.857 bits per heavy atom. The van der Waals surface area contributed by atoms with E-state index in [0.717, 1.165) is 15.6 Å². The molecule has 4 aromatic rings. The standard InChI is InChI=1S/C22H15BrN4O/c23-17-6-8-18(9-7-17)26-22(28)19-14-25-21(16-4-2-1-3-5-16)27-20(19)15-10-12-24-13-11-15/h1-14H,(H,26,28). The van der Waals surface area contributed by atoms with Crippen molar-refractivity contribution in [2.45, 2.75) is 0 Å². The van der Waals surface area contributed by atoms with Crippen molar-refractivity contribution in [3.63, 3.8) is 0 Å². The minimum atomic E-state index is -0.270. The van der Waals surface area contributed by atoms with Gasteiger partial charge < -0.3 is 5.32 Å². The van der Waals surface area contributed by atoms with Gasteiger partial charge in [-0.1, -0.05) is 46.3 Å². The number of aromatic nitrogens is 3. The first-order chi connectivity index (χ1) is 13.7.